The van der Waals surface area contributed by atoms with E-state index in [1.165, 1.54) is 5.56 Å². The van der Waals surface area contributed by atoms with Gasteiger partial charge in [-0.3, -0.25) is 4.98 Å². The molecule has 5 rings (SSSR count). The highest BCUT2D eigenvalue weighted by molar-refractivity contribution is 9.10. The van der Waals surface area contributed by atoms with Gasteiger partial charge in [0.25, 0.3) is 0 Å². The summed E-state index contributed by atoms with van der Waals surface area (Å²) in [5.74, 6) is 1.62. The number of anilines is 1. The Morgan fingerprint density at radius 2 is 1.81 bits per heavy atom. The van der Waals surface area contributed by atoms with Crippen LogP contribution in [0.4, 0.5) is 5.69 Å². The van der Waals surface area contributed by atoms with Crippen molar-refractivity contribution in [3.8, 4) is 11.3 Å². The van der Waals surface area contributed by atoms with E-state index in [0.717, 1.165) is 37.4 Å². The van der Waals surface area contributed by atoms with Gasteiger partial charge in [-0.15, -0.1) is 0 Å². The second-order valence-corrected chi connectivity index (χ2v) is 9.82. The molecular weight excluding hydrogens is 550 g/mol. The summed E-state index contributed by atoms with van der Waals surface area (Å²) < 4.78 is 8.46. The van der Waals surface area contributed by atoms with E-state index in [2.05, 4.69) is 72.2 Å². The lowest BCUT2D eigenvalue weighted by atomic mass is 10.0. The number of halogens is 2. The number of hydrogen-bond donors (Lipinski definition) is 1. The maximum absolute atomic E-state index is 6.44. The molecule has 2 aromatic carbocycles. The second-order valence-electron chi connectivity index (χ2n) is 7.66. The minimum Gasteiger partial charge on any atom is -0.459 e. The van der Waals surface area contributed by atoms with Crippen LogP contribution in [-0.2, 0) is 0 Å². The summed E-state index contributed by atoms with van der Waals surface area (Å²) in [5, 5.41) is 4.10. The van der Waals surface area contributed by atoms with Gasteiger partial charge in [0.1, 0.15) is 17.6 Å². The standard InChI is InChI=1S/C25H19Br2N3OS/c1-15-5-10-18(19(27)14-15)21-11-12-22(31-21)24-23(20-4-2-3-13-28-20)29-25(32)30(24)17-8-6-16(26)7-9-17/h2-14,23-24H,1H3,(H,29,32)/t23-,24-/m1/s1. The zero-order valence-corrected chi connectivity index (χ0v) is 21.1. The Morgan fingerprint density at radius 3 is 2.53 bits per heavy atom. The van der Waals surface area contributed by atoms with E-state index < -0.39 is 0 Å². The largest absolute Gasteiger partial charge is 0.459 e. The fraction of sp³-hybridized carbons (Fsp3) is 0.120. The monoisotopic (exact) mass is 567 g/mol. The molecule has 4 aromatic rings. The molecule has 2 aromatic heterocycles. The van der Waals surface area contributed by atoms with Crippen molar-refractivity contribution in [1.29, 1.82) is 0 Å². The average molecular weight is 569 g/mol. The smallest absolute Gasteiger partial charge is 0.174 e. The van der Waals surface area contributed by atoms with Crippen molar-refractivity contribution < 1.29 is 4.42 Å². The normalized spacial score (nSPS) is 18.1. The van der Waals surface area contributed by atoms with Crippen molar-refractivity contribution in [2.24, 2.45) is 0 Å². The van der Waals surface area contributed by atoms with Gasteiger partial charge in [-0.2, -0.15) is 0 Å². The molecule has 3 heterocycles. The van der Waals surface area contributed by atoms with Gasteiger partial charge >= 0.3 is 0 Å². The van der Waals surface area contributed by atoms with Crippen molar-refractivity contribution in [3.63, 3.8) is 0 Å². The highest BCUT2D eigenvalue weighted by atomic mass is 79.9. The maximum atomic E-state index is 6.44. The minimum atomic E-state index is -0.184. The zero-order chi connectivity index (χ0) is 22.2. The molecule has 7 heteroatoms. The number of rotatable bonds is 4. The third-order valence-corrected chi connectivity index (χ3v) is 7.01. The Labute approximate surface area is 208 Å². The molecule has 2 atom stereocenters. The summed E-state index contributed by atoms with van der Waals surface area (Å²) in [6, 6.07) is 24.0. The van der Waals surface area contributed by atoms with Gasteiger partial charge in [0, 0.05) is 26.4 Å². The van der Waals surface area contributed by atoms with Crippen LogP contribution in [0.3, 0.4) is 0 Å². The van der Waals surface area contributed by atoms with E-state index in [9.17, 15) is 0 Å². The summed E-state index contributed by atoms with van der Waals surface area (Å²) in [7, 11) is 0. The first-order valence-corrected chi connectivity index (χ1v) is 12.1. The van der Waals surface area contributed by atoms with Crippen molar-refractivity contribution in [2.75, 3.05) is 4.90 Å². The number of nitrogens with zero attached hydrogens (tertiary/aromatic N) is 2. The lowest BCUT2D eigenvalue weighted by Gasteiger charge is -2.26. The average Bonchev–Trinajstić information content (AvgIpc) is 3.39. The number of hydrogen-bond acceptors (Lipinski definition) is 3. The molecule has 0 spiro atoms. The number of benzene rings is 2. The van der Waals surface area contributed by atoms with Crippen LogP contribution in [-0.4, -0.2) is 10.1 Å². The number of thiocarbonyl (C=S) groups is 1. The first-order valence-electron chi connectivity index (χ1n) is 10.1. The highest BCUT2D eigenvalue weighted by Crippen LogP contribution is 2.43. The van der Waals surface area contributed by atoms with Gasteiger partial charge < -0.3 is 14.6 Å². The molecule has 4 nitrogen and oxygen atoms in total. The van der Waals surface area contributed by atoms with Crippen LogP contribution in [0.1, 0.15) is 29.1 Å². The molecule has 1 aliphatic rings. The number of pyridine rings is 1. The highest BCUT2D eigenvalue weighted by Gasteiger charge is 2.42. The van der Waals surface area contributed by atoms with E-state index in [0.29, 0.717) is 5.11 Å². The molecule has 1 saturated heterocycles. The first kappa shape index (κ1) is 21.4. The summed E-state index contributed by atoms with van der Waals surface area (Å²) in [6.07, 6.45) is 1.80. The molecule has 1 N–H and O–H groups in total. The Kier molecular flexibility index (Phi) is 5.88. The van der Waals surface area contributed by atoms with Crippen molar-refractivity contribution >= 4 is 54.9 Å². The third-order valence-electron chi connectivity index (χ3n) is 5.51. The van der Waals surface area contributed by atoms with Crippen LogP contribution in [0, 0.1) is 6.92 Å². The van der Waals surface area contributed by atoms with E-state index in [1.807, 2.05) is 54.6 Å². The van der Waals surface area contributed by atoms with Crippen LogP contribution >= 0.6 is 44.1 Å². The molecule has 1 aliphatic heterocycles. The summed E-state index contributed by atoms with van der Waals surface area (Å²) >= 11 is 13.0. The number of aromatic nitrogens is 1. The fourth-order valence-corrected chi connectivity index (χ4v) is 5.30. The third kappa shape index (κ3) is 4.00. The number of aryl methyl sites for hydroxylation is 1. The Bertz CT molecular complexity index is 1270. The predicted octanol–water partition coefficient (Wildman–Crippen LogP) is 7.35. The van der Waals surface area contributed by atoms with Crippen molar-refractivity contribution in [2.45, 2.75) is 19.0 Å². The molecule has 1 fully saturated rings. The molecule has 32 heavy (non-hydrogen) atoms. The zero-order valence-electron chi connectivity index (χ0n) is 17.1. The minimum absolute atomic E-state index is 0.146. The molecule has 0 amide bonds. The van der Waals surface area contributed by atoms with Gasteiger partial charge in [-0.25, -0.2) is 0 Å². The Hall–Kier alpha value is -2.48. The SMILES string of the molecule is Cc1ccc(-c2ccc([C@@H]3[C@@H](c4ccccn4)NC(=S)N3c3ccc(Br)cc3)o2)c(Br)c1. The molecule has 160 valence electrons. The van der Waals surface area contributed by atoms with Crippen LogP contribution in [0.25, 0.3) is 11.3 Å². The lowest BCUT2D eigenvalue weighted by molar-refractivity contribution is 0.439. The quantitative estimate of drug-likeness (QED) is 0.261. The predicted molar refractivity (Wildman–Crippen MR) is 139 cm³/mol. The first-order chi connectivity index (χ1) is 15.5. The molecule has 0 radical (unpaired) electrons. The van der Waals surface area contributed by atoms with E-state index in [4.69, 9.17) is 16.6 Å². The molecule has 0 bridgehead atoms. The second kappa shape index (κ2) is 8.81. The molecule has 0 unspecified atom stereocenters. The summed E-state index contributed by atoms with van der Waals surface area (Å²) in [5.41, 5.74) is 4.10. The number of furan rings is 1. The van der Waals surface area contributed by atoms with Gasteiger partial charge in [0.15, 0.2) is 5.11 Å². The van der Waals surface area contributed by atoms with E-state index in [-0.39, 0.29) is 12.1 Å². The lowest BCUT2D eigenvalue weighted by Crippen LogP contribution is -2.29. The number of nitrogens with one attached hydrogen (secondary N) is 1. The molecular formula is C25H19Br2N3OS. The Balaban J connectivity index is 1.60. The fourth-order valence-electron chi connectivity index (χ4n) is 4.00. The maximum Gasteiger partial charge on any atom is 0.174 e. The summed E-state index contributed by atoms with van der Waals surface area (Å²) in [4.78, 5) is 6.70. The molecule has 0 aliphatic carbocycles. The van der Waals surface area contributed by atoms with Crippen LogP contribution in [0.2, 0.25) is 0 Å². The van der Waals surface area contributed by atoms with Crippen molar-refractivity contribution in [3.05, 3.63) is 105 Å². The van der Waals surface area contributed by atoms with Crippen LogP contribution < -0.4 is 10.2 Å². The van der Waals surface area contributed by atoms with E-state index in [1.54, 1.807) is 6.20 Å². The van der Waals surface area contributed by atoms with Crippen LogP contribution in [0.15, 0.2) is 92.4 Å². The van der Waals surface area contributed by atoms with Gasteiger partial charge in [-0.1, -0.05) is 44.0 Å². The van der Waals surface area contributed by atoms with Gasteiger partial charge in [0.2, 0.25) is 0 Å². The van der Waals surface area contributed by atoms with Crippen LogP contribution in [0.5, 0.6) is 0 Å². The summed E-state index contributed by atoms with van der Waals surface area (Å²) in [6.45, 7) is 2.07. The van der Waals surface area contributed by atoms with E-state index >= 15 is 0 Å². The van der Waals surface area contributed by atoms with Gasteiger partial charge in [-0.05, 0) is 85.4 Å². The molecule has 0 saturated carbocycles. The van der Waals surface area contributed by atoms with Crippen molar-refractivity contribution in [1.82, 2.24) is 10.3 Å². The van der Waals surface area contributed by atoms with Gasteiger partial charge in [0.05, 0.1) is 11.7 Å². The topological polar surface area (TPSA) is 41.3 Å². The Morgan fingerprint density at radius 1 is 1.00 bits per heavy atom.